The summed E-state index contributed by atoms with van der Waals surface area (Å²) in [5.41, 5.74) is 2.64. The van der Waals surface area contributed by atoms with Crippen molar-refractivity contribution in [2.75, 3.05) is 6.26 Å². The van der Waals surface area contributed by atoms with Crippen LogP contribution in [0.3, 0.4) is 0 Å². The molecule has 0 aromatic heterocycles. The highest BCUT2D eigenvalue weighted by Gasteiger charge is 2.34. The number of amides is 1. The molecule has 0 saturated heterocycles. The van der Waals surface area contributed by atoms with Gasteiger partial charge in [0.25, 0.3) is 5.91 Å². The summed E-state index contributed by atoms with van der Waals surface area (Å²) in [4.78, 5) is 26.0. The highest BCUT2D eigenvalue weighted by atomic mass is 32.2. The maximum atomic E-state index is 13.0. The maximum absolute atomic E-state index is 13.0. The third-order valence-corrected chi connectivity index (χ3v) is 5.25. The molecule has 2 aromatic carbocycles. The number of benzene rings is 2. The van der Waals surface area contributed by atoms with Gasteiger partial charge in [0.1, 0.15) is 6.04 Å². The fourth-order valence-electron chi connectivity index (χ4n) is 3.22. The van der Waals surface area contributed by atoms with Crippen molar-refractivity contribution in [3.63, 3.8) is 0 Å². The van der Waals surface area contributed by atoms with E-state index in [1.54, 1.807) is 18.2 Å². The molecule has 6 nitrogen and oxygen atoms in total. The van der Waals surface area contributed by atoms with Gasteiger partial charge >= 0.3 is 5.97 Å². The second kappa shape index (κ2) is 6.92. The maximum Gasteiger partial charge on any atom is 0.326 e. The summed E-state index contributed by atoms with van der Waals surface area (Å²) in [5, 5.41) is 9.56. The van der Waals surface area contributed by atoms with Crippen LogP contribution in [0, 0.1) is 0 Å². The number of carbonyl (C=O) groups is 2. The molecule has 1 heterocycles. The molecule has 136 valence electrons. The molecule has 1 atom stereocenters. The molecule has 0 unspecified atom stereocenters. The minimum Gasteiger partial charge on any atom is -0.480 e. The molecule has 1 aliphatic heterocycles. The topological polar surface area (TPSA) is 91.8 Å². The first-order valence-electron chi connectivity index (χ1n) is 8.12. The van der Waals surface area contributed by atoms with Gasteiger partial charge in [-0.25, -0.2) is 13.2 Å². The molecule has 7 heteroatoms. The zero-order valence-electron chi connectivity index (χ0n) is 14.3. The van der Waals surface area contributed by atoms with Crippen molar-refractivity contribution in [1.82, 2.24) is 4.90 Å². The molecule has 0 spiro atoms. The van der Waals surface area contributed by atoms with Crippen molar-refractivity contribution < 1.29 is 23.1 Å². The van der Waals surface area contributed by atoms with Crippen molar-refractivity contribution in [2.24, 2.45) is 0 Å². The Balaban J connectivity index is 1.93. The fourth-order valence-corrected chi connectivity index (χ4v) is 4.00. The number of sulfone groups is 1. The third kappa shape index (κ3) is 3.94. The highest BCUT2D eigenvalue weighted by molar-refractivity contribution is 7.89. The molecular formula is C19H19NO5S. The van der Waals surface area contributed by atoms with E-state index in [-0.39, 0.29) is 24.3 Å². The van der Waals surface area contributed by atoms with E-state index in [4.69, 9.17) is 0 Å². The number of carboxylic acids is 1. The van der Waals surface area contributed by atoms with Crippen LogP contribution < -0.4 is 0 Å². The average molecular weight is 373 g/mol. The van der Waals surface area contributed by atoms with Crippen LogP contribution in [0.25, 0.3) is 0 Å². The molecule has 0 aliphatic carbocycles. The van der Waals surface area contributed by atoms with Gasteiger partial charge in [0, 0.05) is 24.8 Å². The molecule has 3 rings (SSSR count). The number of carbonyl (C=O) groups excluding carboxylic acids is 1. The molecule has 0 saturated carbocycles. The lowest BCUT2D eigenvalue weighted by molar-refractivity contribution is -0.142. The largest absolute Gasteiger partial charge is 0.480 e. The van der Waals surface area contributed by atoms with Crippen LogP contribution in [0.5, 0.6) is 0 Å². The Bertz CT molecular complexity index is 967. The average Bonchev–Trinajstić information content (AvgIpc) is 2.58. The second-order valence-electron chi connectivity index (χ2n) is 6.53. The number of hydrogen-bond donors (Lipinski definition) is 1. The summed E-state index contributed by atoms with van der Waals surface area (Å²) in [5.74, 6) is -1.64. The van der Waals surface area contributed by atoms with E-state index in [1.807, 2.05) is 24.3 Å². The van der Waals surface area contributed by atoms with Gasteiger partial charge < -0.3 is 10.0 Å². The number of nitrogens with zero attached hydrogens (tertiary/aromatic N) is 1. The zero-order chi connectivity index (χ0) is 18.9. The van der Waals surface area contributed by atoms with Gasteiger partial charge in [0.2, 0.25) is 0 Å². The van der Waals surface area contributed by atoms with Crippen molar-refractivity contribution in [2.45, 2.75) is 24.8 Å². The van der Waals surface area contributed by atoms with E-state index >= 15 is 0 Å². The lowest BCUT2D eigenvalue weighted by atomic mass is 9.93. The van der Waals surface area contributed by atoms with Crippen LogP contribution in [-0.2, 0) is 33.4 Å². The summed E-state index contributed by atoms with van der Waals surface area (Å²) >= 11 is 0. The van der Waals surface area contributed by atoms with Crippen LogP contribution >= 0.6 is 0 Å². The minimum absolute atomic E-state index is 0.167. The number of carboxylic acid groups (broad SMARTS) is 1. The van der Waals surface area contributed by atoms with Gasteiger partial charge in [-0.3, -0.25) is 4.79 Å². The van der Waals surface area contributed by atoms with E-state index in [9.17, 15) is 23.1 Å². The molecular weight excluding hydrogens is 354 g/mol. The first kappa shape index (κ1) is 18.1. The molecule has 1 amide bonds. The molecule has 2 aromatic rings. The Morgan fingerprint density at radius 3 is 2.46 bits per heavy atom. The summed E-state index contributed by atoms with van der Waals surface area (Å²) in [6, 6.07) is 12.9. The van der Waals surface area contributed by atoms with E-state index in [2.05, 4.69) is 0 Å². The van der Waals surface area contributed by atoms with Crippen LogP contribution in [0.4, 0.5) is 0 Å². The molecule has 1 aliphatic rings. The van der Waals surface area contributed by atoms with Gasteiger partial charge in [-0.05, 0) is 28.8 Å². The molecule has 26 heavy (non-hydrogen) atoms. The van der Waals surface area contributed by atoms with Gasteiger partial charge in [-0.15, -0.1) is 0 Å². The van der Waals surface area contributed by atoms with Crippen LogP contribution in [-0.4, -0.2) is 42.6 Å². The summed E-state index contributed by atoms with van der Waals surface area (Å²) in [6.07, 6.45) is 1.38. The van der Waals surface area contributed by atoms with Crippen molar-refractivity contribution >= 4 is 21.7 Å². The third-order valence-electron chi connectivity index (χ3n) is 4.40. The molecule has 0 bridgehead atoms. The van der Waals surface area contributed by atoms with Gasteiger partial charge in [0.15, 0.2) is 9.84 Å². The van der Waals surface area contributed by atoms with Gasteiger partial charge in [-0.2, -0.15) is 0 Å². The van der Waals surface area contributed by atoms with Crippen molar-refractivity contribution in [3.8, 4) is 0 Å². The predicted molar refractivity (Wildman–Crippen MR) is 96.4 cm³/mol. The van der Waals surface area contributed by atoms with E-state index in [1.165, 1.54) is 11.0 Å². The lowest BCUT2D eigenvalue weighted by Crippen LogP contribution is -2.48. The first-order valence-corrected chi connectivity index (χ1v) is 10.2. The summed E-state index contributed by atoms with van der Waals surface area (Å²) in [7, 11) is -3.23. The SMILES string of the molecule is CS(=O)(=O)Cc1cccc(C(=O)N2Cc3ccccc3C[C@H]2C(=O)O)c1. The second-order valence-corrected chi connectivity index (χ2v) is 8.67. The van der Waals surface area contributed by atoms with Gasteiger partial charge in [-0.1, -0.05) is 36.4 Å². The highest BCUT2D eigenvalue weighted by Crippen LogP contribution is 2.25. The molecule has 0 radical (unpaired) electrons. The number of hydrogen-bond acceptors (Lipinski definition) is 4. The fraction of sp³-hybridized carbons (Fsp3) is 0.263. The van der Waals surface area contributed by atoms with Crippen molar-refractivity contribution in [3.05, 3.63) is 70.8 Å². The lowest BCUT2D eigenvalue weighted by Gasteiger charge is -2.34. The Morgan fingerprint density at radius 1 is 1.12 bits per heavy atom. The molecule has 0 fully saturated rings. The smallest absolute Gasteiger partial charge is 0.326 e. The van der Waals surface area contributed by atoms with Crippen molar-refractivity contribution in [1.29, 1.82) is 0 Å². The van der Waals surface area contributed by atoms with Crippen LogP contribution in [0.2, 0.25) is 0 Å². The molecule has 1 N–H and O–H groups in total. The number of rotatable bonds is 4. The normalized spacial score (nSPS) is 16.8. The number of aliphatic carboxylic acids is 1. The Kier molecular flexibility index (Phi) is 4.82. The van der Waals surface area contributed by atoms with Gasteiger partial charge in [0.05, 0.1) is 5.75 Å². The monoisotopic (exact) mass is 373 g/mol. The zero-order valence-corrected chi connectivity index (χ0v) is 15.1. The first-order chi connectivity index (χ1) is 12.2. The van der Waals surface area contributed by atoms with Crippen LogP contribution in [0.1, 0.15) is 27.0 Å². The number of fused-ring (bicyclic) bond motifs is 1. The Labute approximate surface area is 152 Å². The van der Waals surface area contributed by atoms with E-state index in [0.29, 0.717) is 5.56 Å². The Morgan fingerprint density at radius 2 is 1.81 bits per heavy atom. The predicted octanol–water partition coefficient (Wildman–Crippen LogP) is 1.88. The Hall–Kier alpha value is -2.67. The standard InChI is InChI=1S/C19H19NO5S/c1-26(24,25)12-13-5-4-8-15(9-13)18(21)20-11-16-7-3-2-6-14(16)10-17(20)19(22)23/h2-9,17H,10-12H2,1H3,(H,22,23)/t17-/m0/s1. The van der Waals surface area contributed by atoms with E-state index in [0.717, 1.165) is 17.4 Å². The minimum atomic E-state index is -3.23. The summed E-state index contributed by atoms with van der Waals surface area (Å²) < 4.78 is 23.0. The van der Waals surface area contributed by atoms with E-state index < -0.39 is 27.8 Å². The summed E-state index contributed by atoms with van der Waals surface area (Å²) in [6.45, 7) is 0.211. The van der Waals surface area contributed by atoms with Crippen LogP contribution in [0.15, 0.2) is 48.5 Å². The quantitative estimate of drug-likeness (QED) is 0.884.